The molecule has 0 fully saturated rings. The van der Waals surface area contributed by atoms with Crippen LogP contribution in [0.25, 0.3) is 0 Å². The third-order valence-electron chi connectivity index (χ3n) is 2.32. The fourth-order valence-corrected chi connectivity index (χ4v) is 1.40. The van der Waals surface area contributed by atoms with Crippen LogP contribution in [0.2, 0.25) is 0 Å². The van der Waals surface area contributed by atoms with E-state index in [2.05, 4.69) is 5.32 Å². The molecular weight excluding hydrogens is 271 g/mol. The third kappa shape index (κ3) is 8.40. The molecule has 0 aliphatic carbocycles. The van der Waals surface area contributed by atoms with E-state index in [0.29, 0.717) is 38.3 Å². The van der Waals surface area contributed by atoms with Crippen LogP contribution in [-0.4, -0.2) is 25.6 Å². The molecule has 6 heteroatoms. The van der Waals surface area contributed by atoms with Gasteiger partial charge in [0.25, 0.3) is 0 Å². The van der Waals surface area contributed by atoms with Crippen molar-refractivity contribution in [1.82, 2.24) is 5.32 Å². The van der Waals surface area contributed by atoms with Gasteiger partial charge in [0.2, 0.25) is 5.91 Å². The highest BCUT2D eigenvalue weighted by Gasteiger charge is 2.01. The van der Waals surface area contributed by atoms with Crippen LogP contribution in [0.5, 0.6) is 5.75 Å². The number of hydrogen-bond donors (Lipinski definition) is 2. The first-order valence-corrected chi connectivity index (χ1v) is 6.07. The molecular formula is C13H20ClFN2O2. The Balaban J connectivity index is 0.00000324. The number of amides is 1. The van der Waals surface area contributed by atoms with E-state index in [0.717, 1.165) is 6.42 Å². The molecule has 0 unspecified atom stereocenters. The van der Waals surface area contributed by atoms with Gasteiger partial charge in [-0.05, 0) is 31.5 Å². The van der Waals surface area contributed by atoms with E-state index in [1.165, 1.54) is 12.1 Å². The lowest BCUT2D eigenvalue weighted by atomic mass is 10.3. The van der Waals surface area contributed by atoms with Crippen molar-refractivity contribution in [3.8, 4) is 5.75 Å². The van der Waals surface area contributed by atoms with Crippen molar-refractivity contribution in [2.45, 2.75) is 19.3 Å². The zero-order valence-corrected chi connectivity index (χ0v) is 11.5. The van der Waals surface area contributed by atoms with Crippen LogP contribution in [0.1, 0.15) is 19.3 Å². The van der Waals surface area contributed by atoms with Crippen LogP contribution in [0.3, 0.4) is 0 Å². The summed E-state index contributed by atoms with van der Waals surface area (Å²) in [6, 6.07) is 5.95. The normalized spacial score (nSPS) is 9.58. The van der Waals surface area contributed by atoms with Gasteiger partial charge in [-0.3, -0.25) is 4.79 Å². The average Bonchev–Trinajstić information content (AvgIpc) is 2.35. The molecule has 1 aromatic rings. The molecule has 0 heterocycles. The fourth-order valence-electron chi connectivity index (χ4n) is 1.40. The maximum absolute atomic E-state index is 12.8. The Kier molecular flexibility index (Phi) is 9.84. The smallest absolute Gasteiger partial charge is 0.220 e. The molecule has 19 heavy (non-hydrogen) atoms. The summed E-state index contributed by atoms with van der Waals surface area (Å²) in [5.41, 5.74) is 5.31. The number of carbonyl (C=O) groups is 1. The molecule has 0 spiro atoms. The number of ether oxygens (including phenoxy) is 1. The van der Waals surface area contributed by atoms with Gasteiger partial charge in [-0.2, -0.15) is 0 Å². The van der Waals surface area contributed by atoms with E-state index < -0.39 is 0 Å². The summed E-state index contributed by atoms with van der Waals surface area (Å²) in [6.07, 6.45) is 1.79. The van der Waals surface area contributed by atoms with Crippen LogP contribution < -0.4 is 15.8 Å². The first kappa shape index (κ1) is 17.7. The first-order chi connectivity index (χ1) is 8.72. The van der Waals surface area contributed by atoms with Crippen LogP contribution >= 0.6 is 12.4 Å². The van der Waals surface area contributed by atoms with Gasteiger partial charge in [-0.25, -0.2) is 4.39 Å². The zero-order chi connectivity index (χ0) is 13.2. The largest absolute Gasteiger partial charge is 0.493 e. The molecule has 108 valence electrons. The quantitative estimate of drug-likeness (QED) is 0.719. The number of rotatable bonds is 8. The van der Waals surface area contributed by atoms with Crippen molar-refractivity contribution in [1.29, 1.82) is 0 Å². The van der Waals surface area contributed by atoms with Crippen LogP contribution in [0.4, 0.5) is 4.39 Å². The Morgan fingerprint density at radius 1 is 1.37 bits per heavy atom. The molecule has 0 aliphatic heterocycles. The van der Waals surface area contributed by atoms with Gasteiger partial charge in [-0.15, -0.1) is 12.4 Å². The van der Waals surface area contributed by atoms with Crippen molar-refractivity contribution < 1.29 is 13.9 Å². The summed E-state index contributed by atoms with van der Waals surface area (Å²) in [4.78, 5) is 11.3. The van der Waals surface area contributed by atoms with Crippen molar-refractivity contribution in [2.75, 3.05) is 19.7 Å². The highest BCUT2D eigenvalue weighted by molar-refractivity contribution is 5.85. The molecule has 1 aromatic carbocycles. The van der Waals surface area contributed by atoms with Gasteiger partial charge in [0.15, 0.2) is 0 Å². The summed E-state index contributed by atoms with van der Waals surface area (Å²) >= 11 is 0. The summed E-state index contributed by atoms with van der Waals surface area (Å²) in [7, 11) is 0. The number of benzene rings is 1. The molecule has 0 bridgehead atoms. The predicted molar refractivity (Wildman–Crippen MR) is 75.1 cm³/mol. The van der Waals surface area contributed by atoms with Crippen LogP contribution in [0, 0.1) is 5.82 Å². The van der Waals surface area contributed by atoms with Crippen molar-refractivity contribution in [3.05, 3.63) is 30.1 Å². The molecule has 0 aliphatic rings. The maximum Gasteiger partial charge on any atom is 0.220 e. The van der Waals surface area contributed by atoms with Crippen molar-refractivity contribution in [3.63, 3.8) is 0 Å². The van der Waals surface area contributed by atoms with Gasteiger partial charge in [0.1, 0.15) is 11.6 Å². The molecule has 0 atom stereocenters. The lowest BCUT2D eigenvalue weighted by Gasteiger charge is -2.06. The molecule has 1 amide bonds. The minimum Gasteiger partial charge on any atom is -0.493 e. The topological polar surface area (TPSA) is 64.3 Å². The molecule has 1 rings (SSSR count). The van der Waals surface area contributed by atoms with E-state index in [-0.39, 0.29) is 24.1 Å². The summed E-state index contributed by atoms with van der Waals surface area (Å²) in [5.74, 6) is 0.150. The molecule has 4 nitrogen and oxygen atoms in total. The number of nitrogens with two attached hydrogens (primary N) is 1. The number of carbonyl (C=O) groups excluding carboxylic acids is 1. The lowest BCUT2D eigenvalue weighted by Crippen LogP contribution is -2.26. The highest BCUT2D eigenvalue weighted by Crippen LogP contribution is 2.12. The summed E-state index contributed by atoms with van der Waals surface area (Å²) in [6.45, 7) is 1.58. The number of nitrogens with one attached hydrogen (secondary N) is 1. The first-order valence-electron chi connectivity index (χ1n) is 6.07. The monoisotopic (exact) mass is 290 g/mol. The van der Waals surface area contributed by atoms with E-state index in [1.807, 2.05) is 0 Å². The molecule has 3 N–H and O–H groups in total. The van der Waals surface area contributed by atoms with Gasteiger partial charge in [-0.1, -0.05) is 6.07 Å². The predicted octanol–water partition coefficient (Wildman–Crippen LogP) is 1.87. The maximum atomic E-state index is 12.8. The van der Waals surface area contributed by atoms with Gasteiger partial charge >= 0.3 is 0 Å². The molecule has 0 saturated carbocycles. The molecule has 0 saturated heterocycles. The second kappa shape index (κ2) is 10.6. The van der Waals surface area contributed by atoms with Crippen LogP contribution in [-0.2, 0) is 4.79 Å². The van der Waals surface area contributed by atoms with Crippen molar-refractivity contribution >= 4 is 18.3 Å². The minimum atomic E-state index is -0.327. The van der Waals surface area contributed by atoms with Gasteiger partial charge in [0, 0.05) is 19.0 Å². The minimum absolute atomic E-state index is 0. The number of halogens is 2. The second-order valence-electron chi connectivity index (χ2n) is 3.90. The standard InChI is InChI=1S/C13H19FN2O2.ClH/c14-11-4-1-5-12(10-11)18-9-2-6-13(17)16-8-3-7-15;/h1,4-5,10H,2-3,6-9,15H2,(H,16,17);1H. The lowest BCUT2D eigenvalue weighted by molar-refractivity contribution is -0.121. The van der Waals surface area contributed by atoms with Crippen molar-refractivity contribution in [2.24, 2.45) is 5.73 Å². The van der Waals surface area contributed by atoms with E-state index >= 15 is 0 Å². The zero-order valence-electron chi connectivity index (χ0n) is 10.7. The Bertz CT molecular complexity index is 377. The Hall–Kier alpha value is -1.33. The van der Waals surface area contributed by atoms with E-state index in [4.69, 9.17) is 10.5 Å². The fraction of sp³-hybridized carbons (Fsp3) is 0.462. The molecule has 0 aromatic heterocycles. The van der Waals surface area contributed by atoms with Crippen LogP contribution in [0.15, 0.2) is 24.3 Å². The third-order valence-corrected chi connectivity index (χ3v) is 2.32. The van der Waals surface area contributed by atoms with E-state index in [1.54, 1.807) is 12.1 Å². The number of hydrogen-bond acceptors (Lipinski definition) is 3. The van der Waals surface area contributed by atoms with Gasteiger partial charge in [0.05, 0.1) is 6.61 Å². The van der Waals surface area contributed by atoms with E-state index in [9.17, 15) is 9.18 Å². The average molecular weight is 291 g/mol. The van der Waals surface area contributed by atoms with Gasteiger partial charge < -0.3 is 15.8 Å². The second-order valence-corrected chi connectivity index (χ2v) is 3.90. The summed E-state index contributed by atoms with van der Waals surface area (Å²) < 4.78 is 18.1. The Morgan fingerprint density at radius 3 is 2.84 bits per heavy atom. The Labute approximate surface area is 118 Å². The summed E-state index contributed by atoms with van der Waals surface area (Å²) in [5, 5.41) is 2.76. The molecule has 0 radical (unpaired) electrons. The highest BCUT2D eigenvalue weighted by atomic mass is 35.5. The Morgan fingerprint density at radius 2 is 2.16 bits per heavy atom. The SMILES string of the molecule is Cl.NCCCNC(=O)CCCOc1cccc(F)c1.